The summed E-state index contributed by atoms with van der Waals surface area (Å²) in [6, 6.07) is 2.45. The van der Waals surface area contributed by atoms with Crippen LogP contribution in [-0.2, 0) is 22.3 Å². The topological polar surface area (TPSA) is 73.8 Å². The van der Waals surface area contributed by atoms with Gasteiger partial charge in [0.15, 0.2) is 5.96 Å². The molecule has 1 aromatic rings. The SMILES string of the molecule is CCNC(=NCc1ccc(F)cc1C(F)(F)F)NCCN1C(=O)CCCC1=O. The number of guanidine groups is 1. The standard InChI is InChI=1S/C18H22F4N4O2/c1-2-23-17(24-8-9-26-15(27)4-3-5-16(26)28)25-11-12-6-7-13(19)10-14(12)18(20,21)22/h6-7,10H,2-5,8-9,11H2,1H3,(H2,23,24,25). The molecule has 1 fully saturated rings. The molecule has 1 aliphatic heterocycles. The van der Waals surface area contributed by atoms with Crippen LogP contribution in [0.25, 0.3) is 0 Å². The lowest BCUT2D eigenvalue weighted by Crippen LogP contribution is -2.46. The minimum Gasteiger partial charge on any atom is -0.357 e. The van der Waals surface area contributed by atoms with Crippen LogP contribution in [0.1, 0.15) is 37.3 Å². The highest BCUT2D eigenvalue weighted by Gasteiger charge is 2.33. The van der Waals surface area contributed by atoms with Crippen molar-refractivity contribution >= 4 is 17.8 Å². The monoisotopic (exact) mass is 402 g/mol. The molecule has 1 saturated heterocycles. The van der Waals surface area contributed by atoms with Crippen molar-refractivity contribution in [2.45, 2.75) is 38.9 Å². The molecular weight excluding hydrogens is 380 g/mol. The number of alkyl halides is 3. The Hall–Kier alpha value is -2.65. The minimum atomic E-state index is -4.69. The summed E-state index contributed by atoms with van der Waals surface area (Å²) in [5, 5.41) is 5.76. The van der Waals surface area contributed by atoms with E-state index in [4.69, 9.17) is 0 Å². The summed E-state index contributed by atoms with van der Waals surface area (Å²) < 4.78 is 52.4. The van der Waals surface area contributed by atoms with Gasteiger partial charge in [0.05, 0.1) is 12.1 Å². The largest absolute Gasteiger partial charge is 0.416 e. The summed E-state index contributed by atoms with van der Waals surface area (Å²) >= 11 is 0. The van der Waals surface area contributed by atoms with Crippen LogP contribution in [0.5, 0.6) is 0 Å². The molecule has 2 rings (SSSR count). The number of benzene rings is 1. The molecule has 0 aromatic heterocycles. The first-order valence-corrected chi connectivity index (χ1v) is 8.93. The number of hydrogen-bond acceptors (Lipinski definition) is 3. The molecule has 1 aromatic carbocycles. The lowest BCUT2D eigenvalue weighted by atomic mass is 10.1. The Labute approximate surface area is 160 Å². The van der Waals surface area contributed by atoms with Crippen LogP contribution in [0.4, 0.5) is 17.6 Å². The average molecular weight is 402 g/mol. The van der Waals surface area contributed by atoms with Gasteiger partial charge in [0.2, 0.25) is 11.8 Å². The van der Waals surface area contributed by atoms with E-state index in [9.17, 15) is 27.2 Å². The van der Waals surface area contributed by atoms with E-state index < -0.39 is 17.6 Å². The molecule has 154 valence electrons. The summed E-state index contributed by atoms with van der Waals surface area (Å²) in [6.07, 6.45) is -3.49. The van der Waals surface area contributed by atoms with E-state index in [1.165, 1.54) is 4.90 Å². The van der Waals surface area contributed by atoms with Crippen molar-refractivity contribution in [3.63, 3.8) is 0 Å². The van der Waals surface area contributed by atoms with Gasteiger partial charge in [0.25, 0.3) is 0 Å². The Morgan fingerprint density at radius 3 is 2.46 bits per heavy atom. The van der Waals surface area contributed by atoms with Gasteiger partial charge in [-0.15, -0.1) is 0 Å². The van der Waals surface area contributed by atoms with Crippen molar-refractivity contribution in [2.24, 2.45) is 4.99 Å². The molecule has 1 aliphatic rings. The number of carbonyl (C=O) groups excluding carboxylic acids is 2. The third kappa shape index (κ3) is 5.93. The maximum atomic E-state index is 13.2. The van der Waals surface area contributed by atoms with Gasteiger partial charge in [0.1, 0.15) is 5.82 Å². The summed E-state index contributed by atoms with van der Waals surface area (Å²) in [5.74, 6) is -1.21. The lowest BCUT2D eigenvalue weighted by molar-refractivity contribution is -0.147. The maximum Gasteiger partial charge on any atom is 0.416 e. The molecule has 0 atom stereocenters. The van der Waals surface area contributed by atoms with Crippen molar-refractivity contribution in [1.29, 1.82) is 0 Å². The fraction of sp³-hybridized carbons (Fsp3) is 0.500. The van der Waals surface area contributed by atoms with Crippen molar-refractivity contribution < 1.29 is 27.2 Å². The van der Waals surface area contributed by atoms with E-state index in [0.29, 0.717) is 31.9 Å². The van der Waals surface area contributed by atoms with Crippen LogP contribution in [0, 0.1) is 5.82 Å². The van der Waals surface area contributed by atoms with Gasteiger partial charge in [-0.3, -0.25) is 14.5 Å². The zero-order valence-electron chi connectivity index (χ0n) is 15.4. The van der Waals surface area contributed by atoms with Crippen molar-refractivity contribution in [2.75, 3.05) is 19.6 Å². The van der Waals surface area contributed by atoms with Gasteiger partial charge >= 0.3 is 6.18 Å². The Morgan fingerprint density at radius 2 is 1.86 bits per heavy atom. The lowest BCUT2D eigenvalue weighted by Gasteiger charge is -2.25. The first-order valence-electron chi connectivity index (χ1n) is 8.93. The molecule has 0 spiro atoms. The van der Waals surface area contributed by atoms with E-state index in [2.05, 4.69) is 15.6 Å². The molecule has 6 nitrogen and oxygen atoms in total. The first kappa shape index (κ1) is 21.6. The number of nitrogens with one attached hydrogen (secondary N) is 2. The Bertz CT molecular complexity index is 734. The van der Waals surface area contributed by atoms with Crippen LogP contribution in [0.15, 0.2) is 23.2 Å². The predicted molar refractivity (Wildman–Crippen MR) is 94.8 cm³/mol. The number of piperidine rings is 1. The van der Waals surface area contributed by atoms with Gasteiger partial charge in [-0.25, -0.2) is 9.38 Å². The fourth-order valence-electron chi connectivity index (χ4n) is 2.79. The number of aliphatic imine (C=N–C) groups is 1. The first-order chi connectivity index (χ1) is 13.2. The quantitative estimate of drug-likeness (QED) is 0.332. The van der Waals surface area contributed by atoms with Crippen molar-refractivity contribution in [3.05, 3.63) is 35.1 Å². The Kier molecular flexibility index (Phi) is 7.36. The molecule has 1 heterocycles. The van der Waals surface area contributed by atoms with Gasteiger partial charge < -0.3 is 10.6 Å². The van der Waals surface area contributed by atoms with Gasteiger partial charge in [-0.05, 0) is 31.0 Å². The van der Waals surface area contributed by atoms with E-state index in [-0.39, 0.29) is 43.0 Å². The average Bonchev–Trinajstić information content (AvgIpc) is 2.62. The summed E-state index contributed by atoms with van der Waals surface area (Å²) in [5.41, 5.74) is -1.23. The van der Waals surface area contributed by atoms with Gasteiger partial charge in [0, 0.05) is 32.5 Å². The molecule has 0 radical (unpaired) electrons. The zero-order chi connectivity index (χ0) is 20.7. The van der Waals surface area contributed by atoms with Crippen LogP contribution >= 0.6 is 0 Å². The molecule has 10 heteroatoms. The summed E-state index contributed by atoms with van der Waals surface area (Å²) in [7, 11) is 0. The molecule has 0 unspecified atom stereocenters. The number of carbonyl (C=O) groups is 2. The van der Waals surface area contributed by atoms with Crippen molar-refractivity contribution in [3.8, 4) is 0 Å². The van der Waals surface area contributed by atoms with E-state index in [1.54, 1.807) is 6.92 Å². The highest BCUT2D eigenvalue weighted by Crippen LogP contribution is 2.32. The Balaban J connectivity index is 2.03. The molecule has 2 amide bonds. The number of amides is 2. The second-order valence-corrected chi connectivity index (χ2v) is 6.21. The van der Waals surface area contributed by atoms with Crippen LogP contribution in [0.3, 0.4) is 0 Å². The second-order valence-electron chi connectivity index (χ2n) is 6.21. The third-order valence-electron chi connectivity index (χ3n) is 4.14. The van der Waals surface area contributed by atoms with Crippen LogP contribution in [-0.4, -0.2) is 42.3 Å². The number of hydrogen-bond donors (Lipinski definition) is 2. The molecular formula is C18H22F4N4O2. The maximum absolute atomic E-state index is 13.2. The van der Waals surface area contributed by atoms with Gasteiger partial charge in [-0.2, -0.15) is 13.2 Å². The summed E-state index contributed by atoms with van der Waals surface area (Å²) in [4.78, 5) is 28.8. The van der Waals surface area contributed by atoms with Crippen LogP contribution < -0.4 is 10.6 Å². The normalized spacial score (nSPS) is 15.8. The van der Waals surface area contributed by atoms with E-state index in [1.807, 2.05) is 0 Å². The van der Waals surface area contributed by atoms with Gasteiger partial charge in [-0.1, -0.05) is 6.07 Å². The van der Waals surface area contributed by atoms with Crippen LogP contribution in [0.2, 0.25) is 0 Å². The predicted octanol–water partition coefficient (Wildman–Crippen LogP) is 2.44. The number of likely N-dealkylation sites (tertiary alicyclic amines) is 1. The van der Waals surface area contributed by atoms with E-state index >= 15 is 0 Å². The fourth-order valence-corrected chi connectivity index (χ4v) is 2.79. The molecule has 0 aliphatic carbocycles. The minimum absolute atomic E-state index is 0.145. The van der Waals surface area contributed by atoms with Crippen molar-refractivity contribution in [1.82, 2.24) is 15.5 Å². The highest BCUT2D eigenvalue weighted by atomic mass is 19.4. The number of imide groups is 1. The molecule has 2 N–H and O–H groups in total. The highest BCUT2D eigenvalue weighted by molar-refractivity contribution is 5.97. The van der Waals surface area contributed by atoms with E-state index in [0.717, 1.165) is 12.1 Å². The zero-order valence-corrected chi connectivity index (χ0v) is 15.4. The smallest absolute Gasteiger partial charge is 0.357 e. The Morgan fingerprint density at radius 1 is 1.18 bits per heavy atom. The summed E-state index contributed by atoms with van der Waals surface area (Å²) in [6.45, 7) is 2.29. The molecule has 28 heavy (non-hydrogen) atoms. The number of halogens is 4. The second kappa shape index (κ2) is 9.52. The number of nitrogens with zero attached hydrogens (tertiary/aromatic N) is 2. The molecule has 0 bridgehead atoms. The molecule has 0 saturated carbocycles. The third-order valence-corrected chi connectivity index (χ3v) is 4.14. The number of rotatable bonds is 6.